The summed E-state index contributed by atoms with van der Waals surface area (Å²) < 4.78 is 19.4. The Hall–Kier alpha value is -5.94. The van der Waals surface area contributed by atoms with Crippen molar-refractivity contribution in [3.8, 4) is 22.6 Å². The third kappa shape index (κ3) is 3.11. The van der Waals surface area contributed by atoms with E-state index in [0.717, 1.165) is 88.0 Å². The molecule has 0 saturated heterocycles. The summed E-state index contributed by atoms with van der Waals surface area (Å²) in [6, 6.07) is 40.9. The summed E-state index contributed by atoms with van der Waals surface area (Å²) in [6.45, 7) is 0. The highest BCUT2D eigenvalue weighted by atomic mass is 16.3. The van der Waals surface area contributed by atoms with Gasteiger partial charge in [0.1, 0.15) is 39.1 Å². The van der Waals surface area contributed by atoms with Gasteiger partial charge < -0.3 is 13.3 Å². The van der Waals surface area contributed by atoms with Crippen LogP contribution in [0.5, 0.6) is 0 Å². The molecule has 0 radical (unpaired) electrons. The number of para-hydroxylation sites is 2. The lowest BCUT2D eigenvalue weighted by Gasteiger charge is -2.06. The number of furan rings is 3. The minimum absolute atomic E-state index is 0.621. The first-order chi connectivity index (χ1) is 21.3. The molecule has 0 aliphatic carbocycles. The van der Waals surface area contributed by atoms with Crippen LogP contribution in [0.1, 0.15) is 0 Å². The fourth-order valence-electron chi connectivity index (χ4n) is 6.55. The maximum Gasteiger partial charge on any atom is 0.180 e. The van der Waals surface area contributed by atoms with Crippen molar-refractivity contribution in [3.05, 3.63) is 121 Å². The van der Waals surface area contributed by atoms with Gasteiger partial charge in [0.05, 0.1) is 5.39 Å². The van der Waals surface area contributed by atoms with Crippen LogP contribution in [0.2, 0.25) is 0 Å². The first-order valence-corrected chi connectivity index (χ1v) is 14.2. The van der Waals surface area contributed by atoms with E-state index in [9.17, 15) is 0 Å². The van der Waals surface area contributed by atoms with Gasteiger partial charge in [-0.15, -0.1) is 0 Å². The third-order valence-corrected chi connectivity index (χ3v) is 8.48. The molecule has 10 rings (SSSR count). The van der Waals surface area contributed by atoms with E-state index in [1.54, 1.807) is 0 Å². The van der Waals surface area contributed by atoms with Crippen molar-refractivity contribution in [1.82, 2.24) is 9.97 Å². The quantitative estimate of drug-likeness (QED) is 0.213. The van der Waals surface area contributed by atoms with E-state index in [4.69, 9.17) is 23.2 Å². The molecule has 5 heteroatoms. The highest BCUT2D eigenvalue weighted by molar-refractivity contribution is 6.33. The highest BCUT2D eigenvalue weighted by Gasteiger charge is 2.22. The maximum absolute atomic E-state index is 6.55. The predicted octanol–water partition coefficient (Wildman–Crippen LogP) is 10.7. The molecule has 0 aliphatic rings. The highest BCUT2D eigenvalue weighted by Crippen LogP contribution is 2.45. The van der Waals surface area contributed by atoms with E-state index in [-0.39, 0.29) is 0 Å². The largest absolute Gasteiger partial charge is 0.455 e. The van der Waals surface area contributed by atoms with Gasteiger partial charge in [0.2, 0.25) is 0 Å². The third-order valence-electron chi connectivity index (χ3n) is 8.48. The van der Waals surface area contributed by atoms with Crippen molar-refractivity contribution in [2.75, 3.05) is 0 Å². The lowest BCUT2D eigenvalue weighted by molar-refractivity contribution is 0.665. The van der Waals surface area contributed by atoms with Gasteiger partial charge in [0, 0.05) is 38.1 Å². The minimum Gasteiger partial charge on any atom is -0.455 e. The van der Waals surface area contributed by atoms with Crippen molar-refractivity contribution in [3.63, 3.8) is 0 Å². The van der Waals surface area contributed by atoms with Gasteiger partial charge in [0.25, 0.3) is 0 Å². The van der Waals surface area contributed by atoms with Crippen LogP contribution in [0.3, 0.4) is 0 Å². The van der Waals surface area contributed by atoms with E-state index >= 15 is 0 Å². The van der Waals surface area contributed by atoms with Crippen LogP contribution in [0.15, 0.2) is 135 Å². The van der Waals surface area contributed by atoms with E-state index in [2.05, 4.69) is 54.6 Å². The molecule has 0 unspecified atom stereocenters. The number of benzene rings is 6. The number of aromatic nitrogens is 2. The van der Waals surface area contributed by atoms with E-state index < -0.39 is 0 Å². The van der Waals surface area contributed by atoms with Crippen LogP contribution >= 0.6 is 0 Å². The topological polar surface area (TPSA) is 65.2 Å². The summed E-state index contributed by atoms with van der Waals surface area (Å²) in [5.74, 6) is 0.621. The fraction of sp³-hybridized carbons (Fsp3) is 0. The Bertz CT molecular complexity index is 2730. The smallest absolute Gasteiger partial charge is 0.180 e. The number of rotatable bonds is 2. The van der Waals surface area contributed by atoms with Crippen molar-refractivity contribution in [2.45, 2.75) is 0 Å². The molecule has 0 bridgehead atoms. The summed E-state index contributed by atoms with van der Waals surface area (Å²) in [6.07, 6.45) is 0. The van der Waals surface area contributed by atoms with Crippen LogP contribution in [-0.2, 0) is 0 Å². The maximum atomic E-state index is 6.55. The van der Waals surface area contributed by atoms with E-state index in [1.807, 2.05) is 66.7 Å². The first kappa shape index (κ1) is 22.7. The van der Waals surface area contributed by atoms with Gasteiger partial charge in [-0.2, -0.15) is 0 Å². The standard InChI is InChI=1S/C38H20N2O3/c1-2-10-21(11-3-1)33-37-34(26-15-7-9-17-29(26)43-37)40-38(39-33)22-18-19-30-27(20-22)32-35(41-30)24-13-5-4-12-23(24)31-25-14-6-8-16-28(25)42-36(31)32/h1-20H. The Morgan fingerprint density at radius 1 is 0.395 bits per heavy atom. The van der Waals surface area contributed by atoms with Crippen molar-refractivity contribution >= 4 is 76.7 Å². The molecule has 0 fully saturated rings. The molecular weight excluding hydrogens is 532 g/mol. The second-order valence-corrected chi connectivity index (χ2v) is 10.9. The lowest BCUT2D eigenvalue weighted by Crippen LogP contribution is -1.93. The number of hydrogen-bond donors (Lipinski definition) is 0. The van der Waals surface area contributed by atoms with Crippen LogP contribution in [-0.4, -0.2) is 9.97 Å². The monoisotopic (exact) mass is 552 g/mol. The lowest BCUT2D eigenvalue weighted by atomic mass is 9.99. The van der Waals surface area contributed by atoms with Gasteiger partial charge in [-0.25, -0.2) is 9.97 Å². The van der Waals surface area contributed by atoms with E-state index in [1.165, 1.54) is 0 Å². The van der Waals surface area contributed by atoms with Gasteiger partial charge in [-0.3, -0.25) is 0 Å². The Morgan fingerprint density at radius 3 is 1.86 bits per heavy atom. The Kier molecular flexibility index (Phi) is 4.39. The van der Waals surface area contributed by atoms with Crippen molar-refractivity contribution in [1.29, 1.82) is 0 Å². The van der Waals surface area contributed by atoms with Crippen LogP contribution < -0.4 is 0 Å². The number of fused-ring (bicyclic) bond motifs is 13. The second-order valence-electron chi connectivity index (χ2n) is 10.9. The number of hydrogen-bond acceptors (Lipinski definition) is 5. The predicted molar refractivity (Wildman–Crippen MR) is 172 cm³/mol. The molecule has 200 valence electrons. The van der Waals surface area contributed by atoms with Gasteiger partial charge in [-0.1, -0.05) is 84.9 Å². The molecule has 0 atom stereocenters. The molecule has 5 nitrogen and oxygen atoms in total. The molecule has 6 aromatic carbocycles. The van der Waals surface area contributed by atoms with Crippen molar-refractivity contribution in [2.24, 2.45) is 0 Å². The summed E-state index contributed by atoms with van der Waals surface area (Å²) in [5, 5.41) is 7.24. The number of nitrogens with zero attached hydrogens (tertiary/aromatic N) is 2. The zero-order chi connectivity index (χ0) is 28.1. The summed E-state index contributed by atoms with van der Waals surface area (Å²) in [5.41, 5.74) is 8.17. The summed E-state index contributed by atoms with van der Waals surface area (Å²) in [7, 11) is 0. The Labute approximate surface area is 243 Å². The average Bonchev–Trinajstić information content (AvgIpc) is 3.76. The SMILES string of the molecule is c1ccc(-c2nc(-c3ccc4oc5c6ccccc6c6c7ccccc7oc6c5c4c3)nc3c2oc2ccccc23)cc1. The minimum atomic E-state index is 0.621. The average molecular weight is 553 g/mol. The first-order valence-electron chi connectivity index (χ1n) is 14.2. The Balaban J connectivity index is 1.31. The molecule has 4 heterocycles. The molecule has 0 amide bonds. The fourth-order valence-corrected chi connectivity index (χ4v) is 6.55. The van der Waals surface area contributed by atoms with Crippen LogP contribution in [0, 0.1) is 0 Å². The molecule has 0 aliphatic heterocycles. The van der Waals surface area contributed by atoms with Crippen molar-refractivity contribution < 1.29 is 13.3 Å². The molecule has 43 heavy (non-hydrogen) atoms. The second kappa shape index (κ2) is 8.30. The summed E-state index contributed by atoms with van der Waals surface area (Å²) >= 11 is 0. The molecule has 10 aromatic rings. The van der Waals surface area contributed by atoms with Gasteiger partial charge >= 0.3 is 0 Å². The molecule has 0 N–H and O–H groups in total. The normalized spacial score (nSPS) is 12.2. The molecule has 0 spiro atoms. The van der Waals surface area contributed by atoms with Gasteiger partial charge in [0.15, 0.2) is 11.4 Å². The Morgan fingerprint density at radius 2 is 1.02 bits per heavy atom. The zero-order valence-electron chi connectivity index (χ0n) is 22.7. The molecule has 4 aromatic heterocycles. The van der Waals surface area contributed by atoms with E-state index in [0.29, 0.717) is 11.4 Å². The van der Waals surface area contributed by atoms with Crippen LogP contribution in [0.25, 0.3) is 99.4 Å². The molecule has 0 saturated carbocycles. The van der Waals surface area contributed by atoms with Crippen LogP contribution in [0.4, 0.5) is 0 Å². The summed E-state index contributed by atoms with van der Waals surface area (Å²) in [4.78, 5) is 10.2. The van der Waals surface area contributed by atoms with Gasteiger partial charge in [-0.05, 0) is 41.8 Å². The zero-order valence-corrected chi connectivity index (χ0v) is 22.7. The molecular formula is C38H20N2O3.